The smallest absolute Gasteiger partial charge is 0.410 e. The standard InChI is InChI=1S/C27H34Cl2N4O3/c1-6-10-27-17-32(24(35)36-25(2,3)4)13-11-26(27,5)33(21-8-7-19(28)15-20(21)27)23(34)31-16-18-9-12-30-22(29)14-18/h7-9,12,14-15H,6,10-11,13,16-17H2,1-5H3,(H,31,34). The first kappa shape index (κ1) is 26.6. The van der Waals surface area contributed by atoms with Crippen molar-refractivity contribution in [2.75, 3.05) is 18.0 Å². The van der Waals surface area contributed by atoms with E-state index in [0.29, 0.717) is 36.2 Å². The molecule has 36 heavy (non-hydrogen) atoms. The molecule has 3 amide bonds. The van der Waals surface area contributed by atoms with E-state index < -0.39 is 16.6 Å². The molecule has 3 heterocycles. The van der Waals surface area contributed by atoms with Crippen LogP contribution in [-0.4, -0.2) is 46.2 Å². The molecule has 2 aliphatic heterocycles. The molecule has 194 valence electrons. The number of fused-ring (bicyclic) bond motifs is 3. The first-order chi connectivity index (χ1) is 16.9. The second-order valence-electron chi connectivity index (χ2n) is 10.9. The maximum atomic E-state index is 13.8. The molecular weight excluding hydrogens is 499 g/mol. The second-order valence-corrected chi connectivity index (χ2v) is 11.7. The van der Waals surface area contributed by atoms with Gasteiger partial charge in [0.2, 0.25) is 0 Å². The van der Waals surface area contributed by atoms with Crippen molar-refractivity contribution in [1.29, 1.82) is 0 Å². The van der Waals surface area contributed by atoms with E-state index >= 15 is 0 Å². The SMILES string of the molecule is CCCC12CN(C(=O)OC(C)(C)C)CCC1(C)N(C(=O)NCc1ccnc(Cl)c1)c1ccc(Cl)cc12. The maximum absolute atomic E-state index is 13.8. The number of carbonyl (C=O) groups excluding carboxylic acids is 2. The highest BCUT2D eigenvalue weighted by Crippen LogP contribution is 2.58. The van der Waals surface area contributed by atoms with Crippen molar-refractivity contribution in [2.45, 2.75) is 77.0 Å². The van der Waals surface area contributed by atoms with Crippen LogP contribution < -0.4 is 10.2 Å². The molecule has 9 heteroatoms. The fraction of sp³-hybridized carbons (Fsp3) is 0.519. The number of piperidine rings is 1. The number of hydrogen-bond donors (Lipinski definition) is 1. The zero-order valence-corrected chi connectivity index (χ0v) is 23.0. The van der Waals surface area contributed by atoms with Crippen LogP contribution in [0.4, 0.5) is 15.3 Å². The van der Waals surface area contributed by atoms with Gasteiger partial charge in [0, 0.05) is 36.3 Å². The highest BCUT2D eigenvalue weighted by Gasteiger charge is 2.63. The number of ether oxygens (including phenoxy) is 1. The third-order valence-electron chi connectivity index (χ3n) is 7.34. The quantitative estimate of drug-likeness (QED) is 0.452. The summed E-state index contributed by atoms with van der Waals surface area (Å²) in [4.78, 5) is 34.6. The number of pyridine rings is 1. The number of halogens is 2. The van der Waals surface area contributed by atoms with Crippen molar-refractivity contribution >= 4 is 41.0 Å². The summed E-state index contributed by atoms with van der Waals surface area (Å²) in [5.41, 5.74) is 1.04. The van der Waals surface area contributed by atoms with E-state index in [1.165, 1.54) is 0 Å². The van der Waals surface area contributed by atoms with E-state index in [1.807, 2.05) is 49.9 Å². The highest BCUT2D eigenvalue weighted by molar-refractivity contribution is 6.31. The predicted octanol–water partition coefficient (Wildman–Crippen LogP) is 6.56. The molecule has 1 fully saturated rings. The van der Waals surface area contributed by atoms with Crippen LogP contribution in [-0.2, 0) is 16.7 Å². The highest BCUT2D eigenvalue weighted by atomic mass is 35.5. The van der Waals surface area contributed by atoms with Gasteiger partial charge in [-0.05, 0) is 82.0 Å². The summed E-state index contributed by atoms with van der Waals surface area (Å²) in [5.74, 6) is 0. The van der Waals surface area contributed by atoms with Crippen LogP contribution in [0.1, 0.15) is 65.0 Å². The van der Waals surface area contributed by atoms with E-state index in [0.717, 1.165) is 29.7 Å². The number of urea groups is 1. The summed E-state index contributed by atoms with van der Waals surface area (Å²) < 4.78 is 5.72. The van der Waals surface area contributed by atoms with Gasteiger partial charge in [-0.1, -0.05) is 36.5 Å². The zero-order chi connectivity index (χ0) is 26.3. The molecule has 2 aromatic rings. The van der Waals surface area contributed by atoms with Gasteiger partial charge in [0.1, 0.15) is 10.8 Å². The third-order valence-corrected chi connectivity index (χ3v) is 7.78. The van der Waals surface area contributed by atoms with Gasteiger partial charge in [-0.3, -0.25) is 4.90 Å². The fourth-order valence-electron chi connectivity index (χ4n) is 5.76. The minimum atomic E-state index is -0.589. The monoisotopic (exact) mass is 532 g/mol. The summed E-state index contributed by atoms with van der Waals surface area (Å²) in [6.45, 7) is 11.1. The van der Waals surface area contributed by atoms with Crippen LogP contribution in [0, 0.1) is 0 Å². The van der Waals surface area contributed by atoms with Crippen LogP contribution >= 0.6 is 23.2 Å². The Kier molecular flexibility index (Phi) is 7.19. The van der Waals surface area contributed by atoms with Crippen LogP contribution in [0.2, 0.25) is 10.2 Å². The molecule has 2 atom stereocenters. The van der Waals surface area contributed by atoms with E-state index in [2.05, 4.69) is 24.1 Å². The summed E-state index contributed by atoms with van der Waals surface area (Å²) in [6.07, 6.45) is 3.57. The number of anilines is 1. The molecule has 7 nitrogen and oxygen atoms in total. The van der Waals surface area contributed by atoms with E-state index in [4.69, 9.17) is 27.9 Å². The first-order valence-corrected chi connectivity index (χ1v) is 13.1. The molecule has 2 aliphatic rings. The number of nitrogens with zero attached hydrogens (tertiary/aromatic N) is 3. The molecule has 0 radical (unpaired) electrons. The largest absolute Gasteiger partial charge is 0.444 e. The maximum Gasteiger partial charge on any atom is 0.410 e. The number of rotatable bonds is 4. The summed E-state index contributed by atoms with van der Waals surface area (Å²) in [6, 6.07) is 9.06. The number of carbonyl (C=O) groups is 2. The summed E-state index contributed by atoms with van der Waals surface area (Å²) in [5, 5.41) is 4.06. The van der Waals surface area contributed by atoms with E-state index in [-0.39, 0.29) is 12.1 Å². The Hall–Kier alpha value is -2.51. The molecule has 1 aromatic heterocycles. The number of nitrogens with one attached hydrogen (secondary N) is 1. The average Bonchev–Trinajstić information content (AvgIpc) is 3.00. The van der Waals surface area contributed by atoms with Gasteiger partial charge >= 0.3 is 12.1 Å². The Labute approximate surface area is 223 Å². The summed E-state index contributed by atoms with van der Waals surface area (Å²) in [7, 11) is 0. The third kappa shape index (κ3) is 4.75. The molecule has 1 aromatic carbocycles. The van der Waals surface area contributed by atoms with Crippen molar-refractivity contribution < 1.29 is 14.3 Å². The van der Waals surface area contributed by atoms with Crippen LogP contribution in [0.15, 0.2) is 36.5 Å². The number of hydrogen-bond acceptors (Lipinski definition) is 4. The Balaban J connectivity index is 1.72. The molecule has 1 N–H and O–H groups in total. The number of aromatic nitrogens is 1. The molecule has 2 unspecified atom stereocenters. The predicted molar refractivity (Wildman–Crippen MR) is 143 cm³/mol. The van der Waals surface area contributed by atoms with Crippen molar-refractivity contribution in [1.82, 2.24) is 15.2 Å². The zero-order valence-electron chi connectivity index (χ0n) is 21.5. The lowest BCUT2D eigenvalue weighted by Crippen LogP contribution is -2.67. The van der Waals surface area contributed by atoms with Gasteiger partial charge in [0.15, 0.2) is 0 Å². The van der Waals surface area contributed by atoms with Crippen LogP contribution in [0.25, 0.3) is 0 Å². The average molecular weight is 534 g/mol. The molecule has 0 spiro atoms. The van der Waals surface area contributed by atoms with Crippen molar-refractivity contribution in [3.05, 3.63) is 57.8 Å². The van der Waals surface area contributed by atoms with Crippen molar-refractivity contribution in [3.63, 3.8) is 0 Å². The first-order valence-electron chi connectivity index (χ1n) is 12.4. The fourth-order valence-corrected chi connectivity index (χ4v) is 6.12. The molecular formula is C27H34Cl2N4O3. The van der Waals surface area contributed by atoms with E-state index in [1.54, 1.807) is 17.2 Å². The Bertz CT molecular complexity index is 1170. The van der Waals surface area contributed by atoms with Gasteiger partial charge < -0.3 is 15.0 Å². The number of benzene rings is 1. The molecule has 0 saturated carbocycles. The lowest BCUT2D eigenvalue weighted by molar-refractivity contribution is 0.00260. The summed E-state index contributed by atoms with van der Waals surface area (Å²) >= 11 is 12.5. The Morgan fingerprint density at radius 1 is 1.19 bits per heavy atom. The normalized spacial score (nSPS) is 23.2. The Morgan fingerprint density at radius 2 is 1.94 bits per heavy atom. The minimum absolute atomic E-state index is 0.197. The van der Waals surface area contributed by atoms with E-state index in [9.17, 15) is 9.59 Å². The van der Waals surface area contributed by atoms with Crippen molar-refractivity contribution in [3.8, 4) is 0 Å². The van der Waals surface area contributed by atoms with Gasteiger partial charge in [-0.2, -0.15) is 0 Å². The molecule has 0 bridgehead atoms. The number of amides is 3. The lowest BCUT2D eigenvalue weighted by atomic mass is 9.62. The number of likely N-dealkylation sites (tertiary alicyclic amines) is 1. The topological polar surface area (TPSA) is 74.8 Å². The minimum Gasteiger partial charge on any atom is -0.444 e. The molecule has 0 aliphatic carbocycles. The van der Waals surface area contributed by atoms with Gasteiger partial charge in [0.25, 0.3) is 0 Å². The molecule has 4 rings (SSSR count). The van der Waals surface area contributed by atoms with Crippen LogP contribution in [0.5, 0.6) is 0 Å². The van der Waals surface area contributed by atoms with Crippen LogP contribution in [0.3, 0.4) is 0 Å². The Morgan fingerprint density at radius 3 is 2.61 bits per heavy atom. The molecule has 1 saturated heterocycles. The second kappa shape index (κ2) is 9.75. The van der Waals surface area contributed by atoms with Gasteiger partial charge in [-0.25, -0.2) is 14.6 Å². The van der Waals surface area contributed by atoms with Gasteiger partial charge in [0.05, 0.1) is 11.2 Å². The van der Waals surface area contributed by atoms with Gasteiger partial charge in [-0.15, -0.1) is 0 Å². The lowest BCUT2D eigenvalue weighted by Gasteiger charge is -2.53. The van der Waals surface area contributed by atoms with Crippen molar-refractivity contribution in [2.24, 2.45) is 0 Å².